The molecule has 0 saturated heterocycles. The van der Waals surface area contributed by atoms with Crippen LogP contribution in [0, 0.1) is 0 Å². The smallest absolute Gasteiger partial charge is 0.238 e. The molecule has 0 amide bonds. The fourth-order valence-corrected chi connectivity index (χ4v) is 2.05. The highest BCUT2D eigenvalue weighted by atomic mass is 16.5. The van der Waals surface area contributed by atoms with Gasteiger partial charge in [0, 0.05) is 18.8 Å². The molecule has 2 rings (SSSR count). The van der Waals surface area contributed by atoms with Crippen molar-refractivity contribution < 1.29 is 19.3 Å². The lowest BCUT2D eigenvalue weighted by atomic mass is 10.0. The second kappa shape index (κ2) is 6.90. The summed E-state index contributed by atoms with van der Waals surface area (Å²) in [5, 5.41) is 10.3. The predicted octanol–water partition coefficient (Wildman–Crippen LogP) is 1.78. The number of hydrogen-bond acceptors (Lipinski definition) is 6. The van der Waals surface area contributed by atoms with Crippen LogP contribution in [0.1, 0.15) is 17.4 Å². The Labute approximate surface area is 123 Å². The van der Waals surface area contributed by atoms with Gasteiger partial charge in [0.05, 0.1) is 21.3 Å². The molecule has 1 aromatic heterocycles. The molecule has 0 radical (unpaired) electrons. The van der Waals surface area contributed by atoms with Crippen LogP contribution in [0.5, 0.6) is 17.4 Å². The highest BCUT2D eigenvalue weighted by molar-refractivity contribution is 5.43. The van der Waals surface area contributed by atoms with E-state index in [9.17, 15) is 5.11 Å². The van der Waals surface area contributed by atoms with E-state index in [4.69, 9.17) is 14.2 Å². The minimum atomic E-state index is -0.813. The molecule has 6 nitrogen and oxygen atoms in total. The van der Waals surface area contributed by atoms with Crippen molar-refractivity contribution >= 4 is 0 Å². The standard InChI is InChI=1S/C15H18N2O4/c1-19-12-5-4-10(9-13(12)20-2)8-11(18)14-15(21-3)17-7-6-16-14/h4-7,9,11,18H,8H2,1-3H3. The first kappa shape index (κ1) is 15.1. The first-order chi connectivity index (χ1) is 10.2. The van der Waals surface area contributed by atoms with Gasteiger partial charge in [-0.1, -0.05) is 6.07 Å². The third kappa shape index (κ3) is 3.41. The zero-order chi connectivity index (χ0) is 15.2. The molecule has 0 saturated carbocycles. The summed E-state index contributed by atoms with van der Waals surface area (Å²) in [6.07, 6.45) is 2.60. The largest absolute Gasteiger partial charge is 0.493 e. The van der Waals surface area contributed by atoms with Crippen LogP contribution in [0.2, 0.25) is 0 Å². The van der Waals surface area contributed by atoms with Crippen LogP contribution in [0.4, 0.5) is 0 Å². The maximum Gasteiger partial charge on any atom is 0.238 e. The maximum absolute atomic E-state index is 10.3. The molecule has 0 aliphatic rings. The Kier molecular flexibility index (Phi) is 4.94. The first-order valence-corrected chi connectivity index (χ1v) is 6.43. The van der Waals surface area contributed by atoms with E-state index in [1.165, 1.54) is 19.5 Å². The zero-order valence-electron chi connectivity index (χ0n) is 12.2. The van der Waals surface area contributed by atoms with Crippen LogP contribution >= 0.6 is 0 Å². The van der Waals surface area contributed by atoms with Gasteiger partial charge in [0.2, 0.25) is 5.88 Å². The number of aliphatic hydroxyl groups excluding tert-OH is 1. The van der Waals surface area contributed by atoms with Gasteiger partial charge in [0.25, 0.3) is 0 Å². The normalized spacial score (nSPS) is 11.8. The second-order valence-electron chi connectivity index (χ2n) is 4.36. The number of hydrogen-bond donors (Lipinski definition) is 1. The summed E-state index contributed by atoms with van der Waals surface area (Å²) in [5.41, 5.74) is 1.31. The molecule has 1 atom stereocenters. The van der Waals surface area contributed by atoms with Gasteiger partial charge >= 0.3 is 0 Å². The highest BCUT2D eigenvalue weighted by Gasteiger charge is 2.17. The summed E-state index contributed by atoms with van der Waals surface area (Å²) in [7, 11) is 4.65. The Morgan fingerprint density at radius 1 is 1.00 bits per heavy atom. The van der Waals surface area contributed by atoms with E-state index in [1.807, 2.05) is 12.1 Å². The van der Waals surface area contributed by atoms with Crippen LogP contribution < -0.4 is 14.2 Å². The summed E-state index contributed by atoms with van der Waals surface area (Å²) in [6, 6.07) is 5.49. The van der Waals surface area contributed by atoms with Crippen molar-refractivity contribution in [3.63, 3.8) is 0 Å². The molecule has 2 aromatic rings. The van der Waals surface area contributed by atoms with Gasteiger partial charge in [0.15, 0.2) is 11.5 Å². The molecule has 0 spiro atoms. The monoisotopic (exact) mass is 290 g/mol. The highest BCUT2D eigenvalue weighted by Crippen LogP contribution is 2.30. The molecule has 6 heteroatoms. The van der Waals surface area contributed by atoms with Crippen molar-refractivity contribution in [3.8, 4) is 17.4 Å². The number of aromatic nitrogens is 2. The Morgan fingerprint density at radius 3 is 2.38 bits per heavy atom. The molecular formula is C15H18N2O4. The SMILES string of the molecule is COc1ccc(CC(O)c2nccnc2OC)cc1OC. The molecule has 1 heterocycles. The number of methoxy groups -OCH3 is 3. The molecule has 112 valence electrons. The van der Waals surface area contributed by atoms with Crippen molar-refractivity contribution in [1.29, 1.82) is 0 Å². The molecule has 0 fully saturated rings. The van der Waals surface area contributed by atoms with Crippen molar-refractivity contribution in [2.45, 2.75) is 12.5 Å². The maximum atomic E-state index is 10.3. The van der Waals surface area contributed by atoms with Gasteiger partial charge in [0.1, 0.15) is 11.8 Å². The fourth-order valence-electron chi connectivity index (χ4n) is 2.05. The first-order valence-electron chi connectivity index (χ1n) is 6.43. The average molecular weight is 290 g/mol. The molecule has 1 aromatic carbocycles. The van der Waals surface area contributed by atoms with E-state index in [1.54, 1.807) is 20.3 Å². The molecule has 1 N–H and O–H groups in total. The second-order valence-corrected chi connectivity index (χ2v) is 4.36. The Balaban J connectivity index is 2.21. The summed E-state index contributed by atoms with van der Waals surface area (Å²) in [4.78, 5) is 8.16. The number of rotatable bonds is 6. The van der Waals surface area contributed by atoms with E-state index in [0.29, 0.717) is 29.5 Å². The van der Waals surface area contributed by atoms with Crippen LogP contribution in [-0.2, 0) is 6.42 Å². The molecule has 1 unspecified atom stereocenters. The van der Waals surface area contributed by atoms with Crippen LogP contribution in [0.25, 0.3) is 0 Å². The van der Waals surface area contributed by atoms with E-state index in [0.717, 1.165) is 5.56 Å². The number of aliphatic hydroxyl groups is 1. The number of benzene rings is 1. The van der Waals surface area contributed by atoms with Crippen LogP contribution in [0.15, 0.2) is 30.6 Å². The quantitative estimate of drug-likeness (QED) is 0.874. The van der Waals surface area contributed by atoms with E-state index in [2.05, 4.69) is 9.97 Å². The third-order valence-electron chi connectivity index (χ3n) is 3.08. The van der Waals surface area contributed by atoms with Gasteiger partial charge in [-0.05, 0) is 17.7 Å². The Bertz CT molecular complexity index is 604. The van der Waals surface area contributed by atoms with Crippen molar-refractivity contribution in [1.82, 2.24) is 9.97 Å². The van der Waals surface area contributed by atoms with E-state index in [-0.39, 0.29) is 0 Å². The van der Waals surface area contributed by atoms with Crippen molar-refractivity contribution in [2.24, 2.45) is 0 Å². The molecule has 0 aliphatic heterocycles. The Morgan fingerprint density at radius 2 is 1.71 bits per heavy atom. The summed E-state index contributed by atoms with van der Waals surface area (Å²) in [5.74, 6) is 1.59. The van der Waals surface area contributed by atoms with Gasteiger partial charge in [-0.15, -0.1) is 0 Å². The fraction of sp³-hybridized carbons (Fsp3) is 0.333. The van der Waals surface area contributed by atoms with Gasteiger partial charge in [-0.2, -0.15) is 0 Å². The minimum Gasteiger partial charge on any atom is -0.493 e. The minimum absolute atomic E-state index is 0.325. The summed E-state index contributed by atoms with van der Waals surface area (Å²) in [6.45, 7) is 0. The molecule has 0 bridgehead atoms. The number of nitrogens with zero attached hydrogens (tertiary/aromatic N) is 2. The van der Waals surface area contributed by atoms with Crippen molar-refractivity contribution in [2.75, 3.05) is 21.3 Å². The third-order valence-corrected chi connectivity index (χ3v) is 3.08. The molecule has 0 aliphatic carbocycles. The van der Waals surface area contributed by atoms with E-state index >= 15 is 0 Å². The average Bonchev–Trinajstić information content (AvgIpc) is 2.54. The summed E-state index contributed by atoms with van der Waals surface area (Å²) >= 11 is 0. The molecular weight excluding hydrogens is 272 g/mol. The topological polar surface area (TPSA) is 73.7 Å². The predicted molar refractivity (Wildman–Crippen MR) is 76.8 cm³/mol. The van der Waals surface area contributed by atoms with E-state index < -0.39 is 6.10 Å². The molecule has 21 heavy (non-hydrogen) atoms. The van der Waals surface area contributed by atoms with Gasteiger partial charge in [-0.25, -0.2) is 4.98 Å². The summed E-state index contributed by atoms with van der Waals surface area (Å²) < 4.78 is 15.5. The van der Waals surface area contributed by atoms with Gasteiger partial charge < -0.3 is 19.3 Å². The lowest BCUT2D eigenvalue weighted by Crippen LogP contribution is -2.07. The van der Waals surface area contributed by atoms with Crippen LogP contribution in [0.3, 0.4) is 0 Å². The van der Waals surface area contributed by atoms with Crippen LogP contribution in [-0.4, -0.2) is 36.4 Å². The van der Waals surface area contributed by atoms with Gasteiger partial charge in [-0.3, -0.25) is 4.98 Å². The zero-order valence-corrected chi connectivity index (χ0v) is 12.2. The lowest BCUT2D eigenvalue weighted by molar-refractivity contribution is 0.167. The number of ether oxygens (including phenoxy) is 3. The lowest BCUT2D eigenvalue weighted by Gasteiger charge is -2.14. The Hall–Kier alpha value is -2.34. The van der Waals surface area contributed by atoms with Crippen molar-refractivity contribution in [3.05, 3.63) is 41.9 Å².